The first-order valence-electron chi connectivity index (χ1n) is 17.2. The molecule has 2 aromatic carbocycles. The average molecular weight is 561 g/mol. The molecule has 0 heterocycles. The molecule has 2 saturated carbocycles. The Kier molecular flexibility index (Phi) is 20.9. The Morgan fingerprint density at radius 3 is 1.98 bits per heavy atom. The highest BCUT2D eigenvalue weighted by Gasteiger charge is 2.21. The van der Waals surface area contributed by atoms with E-state index in [1.54, 1.807) is 11.1 Å². The summed E-state index contributed by atoms with van der Waals surface area (Å²) in [5, 5.41) is 9.82. The van der Waals surface area contributed by atoms with Crippen molar-refractivity contribution in [1.82, 2.24) is 0 Å². The lowest BCUT2D eigenvalue weighted by atomic mass is 9.78. The van der Waals surface area contributed by atoms with Crippen molar-refractivity contribution in [3.8, 4) is 0 Å². The third kappa shape index (κ3) is 15.5. The molecule has 4 rings (SSSR count). The molecule has 41 heavy (non-hydrogen) atoms. The monoisotopic (exact) mass is 560 g/mol. The molecule has 1 heteroatoms. The highest BCUT2D eigenvalue weighted by Crippen LogP contribution is 2.38. The van der Waals surface area contributed by atoms with Crippen LogP contribution in [-0.4, -0.2) is 5.11 Å². The van der Waals surface area contributed by atoms with Gasteiger partial charge < -0.3 is 5.11 Å². The molecule has 2 aromatic rings. The quantitative estimate of drug-likeness (QED) is 0.147. The summed E-state index contributed by atoms with van der Waals surface area (Å²) in [6.45, 7) is 14.8. The van der Waals surface area contributed by atoms with Crippen LogP contribution < -0.4 is 0 Å². The fraction of sp³-hybridized carbons (Fsp3) is 0.600. The molecule has 0 saturated heterocycles. The molecule has 0 bridgehead atoms. The molecule has 0 aromatic heterocycles. The first kappa shape index (κ1) is 36.7. The molecule has 1 atom stereocenters. The van der Waals surface area contributed by atoms with E-state index >= 15 is 0 Å². The number of hydrogen-bond acceptors (Lipinski definition) is 1. The number of benzene rings is 2. The van der Waals surface area contributed by atoms with Gasteiger partial charge >= 0.3 is 0 Å². The highest BCUT2D eigenvalue weighted by atomic mass is 16.3. The SMILES string of the molecule is C/C=C\C.CC.CCCC(CCCCC(O)=C1CC1)Cc1ccc(CC)cc1.CCCc1ccccc1C1CCC1. The normalized spacial score (nSPS) is 14.5. The lowest BCUT2D eigenvalue weighted by Gasteiger charge is -2.27. The van der Waals surface area contributed by atoms with Crippen LogP contribution in [0.4, 0.5) is 0 Å². The first-order chi connectivity index (χ1) is 20.1. The van der Waals surface area contributed by atoms with Crippen LogP contribution in [0.1, 0.15) is 154 Å². The van der Waals surface area contributed by atoms with Crippen molar-refractivity contribution in [2.24, 2.45) is 5.92 Å². The van der Waals surface area contributed by atoms with Crippen LogP contribution >= 0.6 is 0 Å². The van der Waals surface area contributed by atoms with Crippen LogP contribution in [-0.2, 0) is 19.3 Å². The van der Waals surface area contributed by atoms with Crippen molar-refractivity contribution in [2.45, 2.75) is 151 Å². The predicted octanol–water partition coefficient (Wildman–Crippen LogP) is 12.9. The smallest absolute Gasteiger partial charge is 0.0914 e. The second kappa shape index (κ2) is 23.3. The molecule has 0 spiro atoms. The Labute approximate surface area is 255 Å². The molecule has 0 aliphatic heterocycles. The van der Waals surface area contributed by atoms with Gasteiger partial charge in [0.2, 0.25) is 0 Å². The zero-order valence-corrected chi connectivity index (χ0v) is 28.0. The summed E-state index contributed by atoms with van der Waals surface area (Å²) >= 11 is 0. The molecule has 230 valence electrons. The summed E-state index contributed by atoms with van der Waals surface area (Å²) < 4.78 is 0. The number of unbranched alkanes of at least 4 members (excludes halogenated alkanes) is 1. The predicted molar refractivity (Wildman–Crippen MR) is 184 cm³/mol. The second-order valence-corrected chi connectivity index (χ2v) is 11.6. The van der Waals surface area contributed by atoms with Gasteiger partial charge in [-0.25, -0.2) is 0 Å². The third-order valence-corrected chi connectivity index (χ3v) is 8.29. The lowest BCUT2D eigenvalue weighted by molar-refractivity contribution is 0.367. The van der Waals surface area contributed by atoms with Crippen LogP contribution in [0.3, 0.4) is 0 Å². The number of hydrogen-bond donors (Lipinski definition) is 1. The van der Waals surface area contributed by atoms with E-state index in [0.29, 0.717) is 5.76 Å². The summed E-state index contributed by atoms with van der Waals surface area (Å²) in [5.41, 5.74) is 7.45. The van der Waals surface area contributed by atoms with Gasteiger partial charge in [-0.05, 0) is 105 Å². The van der Waals surface area contributed by atoms with Crippen LogP contribution in [0, 0.1) is 5.92 Å². The minimum absolute atomic E-state index is 0.696. The van der Waals surface area contributed by atoms with Gasteiger partial charge in [-0.1, -0.05) is 134 Å². The maximum atomic E-state index is 9.82. The summed E-state index contributed by atoms with van der Waals surface area (Å²) in [6.07, 6.45) is 22.6. The summed E-state index contributed by atoms with van der Waals surface area (Å²) in [5.74, 6) is 2.39. The molecule has 1 N–H and O–H groups in total. The fourth-order valence-electron chi connectivity index (χ4n) is 5.40. The van der Waals surface area contributed by atoms with Crippen molar-refractivity contribution < 1.29 is 5.11 Å². The van der Waals surface area contributed by atoms with Gasteiger partial charge in [0.15, 0.2) is 0 Å². The van der Waals surface area contributed by atoms with Gasteiger partial charge in [0.05, 0.1) is 5.76 Å². The third-order valence-electron chi connectivity index (χ3n) is 8.29. The zero-order chi connectivity index (χ0) is 30.3. The molecular weight excluding hydrogens is 496 g/mol. The molecule has 0 radical (unpaired) electrons. The van der Waals surface area contributed by atoms with E-state index in [-0.39, 0.29) is 0 Å². The number of aliphatic hydroxyl groups is 1. The van der Waals surface area contributed by atoms with Crippen molar-refractivity contribution in [3.05, 3.63) is 94.3 Å². The Hall–Kier alpha value is -2.28. The van der Waals surface area contributed by atoms with Crippen molar-refractivity contribution >= 4 is 0 Å². The molecule has 0 amide bonds. The summed E-state index contributed by atoms with van der Waals surface area (Å²) in [6, 6.07) is 18.2. The molecule has 1 nitrogen and oxygen atoms in total. The van der Waals surface area contributed by atoms with E-state index in [1.807, 2.05) is 39.8 Å². The number of rotatable bonds is 13. The molecule has 1 unspecified atom stereocenters. The van der Waals surface area contributed by atoms with E-state index in [2.05, 4.69) is 69.3 Å². The summed E-state index contributed by atoms with van der Waals surface area (Å²) in [4.78, 5) is 0. The van der Waals surface area contributed by atoms with Gasteiger partial charge in [-0.2, -0.15) is 0 Å². The topological polar surface area (TPSA) is 20.2 Å². The Morgan fingerprint density at radius 2 is 1.46 bits per heavy atom. The Morgan fingerprint density at radius 1 is 0.829 bits per heavy atom. The van der Waals surface area contributed by atoms with Crippen molar-refractivity contribution in [3.63, 3.8) is 0 Å². The van der Waals surface area contributed by atoms with Crippen LogP contribution in [0.25, 0.3) is 0 Å². The second-order valence-electron chi connectivity index (χ2n) is 11.6. The molecule has 2 fully saturated rings. The maximum absolute atomic E-state index is 9.82. The van der Waals surface area contributed by atoms with Gasteiger partial charge in [0.1, 0.15) is 0 Å². The molecular formula is C40H64O. The van der Waals surface area contributed by atoms with Gasteiger partial charge in [0, 0.05) is 6.42 Å². The van der Waals surface area contributed by atoms with Crippen molar-refractivity contribution in [2.75, 3.05) is 0 Å². The van der Waals surface area contributed by atoms with E-state index in [9.17, 15) is 5.11 Å². The average Bonchev–Trinajstić information content (AvgIpc) is 3.83. The van der Waals surface area contributed by atoms with Crippen LogP contribution in [0.2, 0.25) is 0 Å². The fourth-order valence-corrected chi connectivity index (χ4v) is 5.40. The molecule has 2 aliphatic carbocycles. The van der Waals surface area contributed by atoms with Gasteiger partial charge in [-0.3, -0.25) is 0 Å². The number of aliphatic hydroxyl groups excluding tert-OH is 1. The van der Waals surface area contributed by atoms with Gasteiger partial charge in [-0.15, -0.1) is 0 Å². The standard InChI is InChI=1S/C21H32O.C13H18.C4H8.C2H6/c1-3-7-18(8-5-6-9-21(22)20-14-15-20)16-19-12-10-17(4-2)11-13-19;1-2-6-11-7-3-4-10-13(11)12-8-5-9-12;1-3-4-2;1-2/h10-13,18,22H,3-9,14-16H2,1-2H3;3-4,7,10,12H,2,5-6,8-9H2,1H3;3-4H,1-2H3;1-2H3/b;;4-3-;. The number of aryl methyl sites for hydroxylation is 2. The van der Waals surface area contributed by atoms with Gasteiger partial charge in [0.25, 0.3) is 0 Å². The van der Waals surface area contributed by atoms with Crippen LogP contribution in [0.5, 0.6) is 0 Å². The Balaban J connectivity index is 0.000000373. The van der Waals surface area contributed by atoms with E-state index < -0.39 is 0 Å². The van der Waals surface area contributed by atoms with E-state index in [0.717, 1.165) is 43.9 Å². The van der Waals surface area contributed by atoms with Crippen molar-refractivity contribution in [1.29, 1.82) is 0 Å². The first-order valence-corrected chi connectivity index (χ1v) is 17.2. The molecule has 2 aliphatic rings. The minimum atomic E-state index is 0.696. The highest BCUT2D eigenvalue weighted by molar-refractivity contribution is 5.31. The largest absolute Gasteiger partial charge is 0.512 e. The zero-order valence-electron chi connectivity index (χ0n) is 28.0. The Bertz CT molecular complexity index is 951. The minimum Gasteiger partial charge on any atom is -0.512 e. The lowest BCUT2D eigenvalue weighted by Crippen LogP contribution is -2.10. The van der Waals surface area contributed by atoms with E-state index in [4.69, 9.17) is 0 Å². The maximum Gasteiger partial charge on any atom is 0.0914 e. The van der Waals surface area contributed by atoms with E-state index in [1.165, 1.54) is 80.9 Å². The number of allylic oxidation sites excluding steroid dienone is 4. The summed E-state index contributed by atoms with van der Waals surface area (Å²) in [7, 11) is 0. The van der Waals surface area contributed by atoms with Crippen LogP contribution in [0.15, 0.2) is 72.0 Å².